The molecule has 0 aromatic carbocycles. The summed E-state index contributed by atoms with van der Waals surface area (Å²) in [4.78, 5) is 9.44. The molecule has 1 heterocycles. The second kappa shape index (κ2) is 12.9. The quantitative estimate of drug-likeness (QED) is 0.358. The van der Waals surface area contributed by atoms with Crippen LogP contribution in [0.2, 0.25) is 0 Å². The third-order valence-electron chi connectivity index (χ3n) is 4.39. The summed E-state index contributed by atoms with van der Waals surface area (Å²) in [5.74, 6) is 2.82. The van der Waals surface area contributed by atoms with Gasteiger partial charge in [0, 0.05) is 52.9 Å². The van der Waals surface area contributed by atoms with Crippen LogP contribution in [-0.4, -0.2) is 87.2 Å². The number of unbranched alkanes of at least 4 members (excludes halogenated alkanes) is 1. The van der Waals surface area contributed by atoms with Gasteiger partial charge in [0.1, 0.15) is 0 Å². The average Bonchev–Trinajstić information content (AvgIpc) is 2.58. The van der Waals surface area contributed by atoms with Crippen molar-refractivity contribution in [2.75, 3.05) is 71.4 Å². The van der Waals surface area contributed by atoms with E-state index in [1.165, 1.54) is 57.9 Å². The molecule has 0 radical (unpaired) electrons. The van der Waals surface area contributed by atoms with Gasteiger partial charge in [-0.2, -0.15) is 11.8 Å². The Balaban J connectivity index is 2.12. The smallest absolute Gasteiger partial charge is 0.190 e. The normalized spacial score (nSPS) is 18.9. The molecule has 1 aliphatic rings. The van der Waals surface area contributed by atoms with Crippen molar-refractivity contribution in [2.24, 2.45) is 10.9 Å². The van der Waals surface area contributed by atoms with E-state index in [0.29, 0.717) is 5.92 Å². The van der Waals surface area contributed by atoms with E-state index in [0.717, 1.165) is 19.0 Å². The molecular weight excluding hydrogens is 306 g/mol. The van der Waals surface area contributed by atoms with Crippen molar-refractivity contribution >= 4 is 17.7 Å². The maximum Gasteiger partial charge on any atom is 0.190 e. The summed E-state index contributed by atoms with van der Waals surface area (Å²) in [6.07, 6.45) is 4.64. The summed E-state index contributed by atoms with van der Waals surface area (Å²) < 4.78 is 0. The first kappa shape index (κ1) is 20.6. The van der Waals surface area contributed by atoms with E-state index in [-0.39, 0.29) is 0 Å². The Morgan fingerprint density at radius 2 is 1.83 bits per heavy atom. The summed E-state index contributed by atoms with van der Waals surface area (Å²) in [5, 5.41) is 6.88. The third kappa shape index (κ3) is 9.42. The molecule has 1 fully saturated rings. The van der Waals surface area contributed by atoms with Gasteiger partial charge in [0.25, 0.3) is 0 Å². The zero-order chi connectivity index (χ0) is 16.9. The summed E-state index contributed by atoms with van der Waals surface area (Å²) in [7, 11) is 1.85. The third-order valence-corrected chi connectivity index (χ3v) is 5.09. The topological polar surface area (TPSA) is 42.9 Å². The Labute approximate surface area is 147 Å². The Morgan fingerprint density at radius 1 is 1.13 bits per heavy atom. The highest BCUT2D eigenvalue weighted by Gasteiger charge is 2.17. The van der Waals surface area contributed by atoms with Gasteiger partial charge in [0.2, 0.25) is 0 Å². The molecule has 0 aromatic rings. The zero-order valence-corrected chi connectivity index (χ0v) is 16.4. The van der Waals surface area contributed by atoms with Gasteiger partial charge in [0.15, 0.2) is 5.96 Å². The molecule has 1 atom stereocenters. The number of hydrogen-bond donors (Lipinski definition) is 2. The van der Waals surface area contributed by atoms with E-state index in [4.69, 9.17) is 0 Å². The van der Waals surface area contributed by atoms with E-state index in [1.807, 2.05) is 18.8 Å². The van der Waals surface area contributed by atoms with Crippen LogP contribution in [0.5, 0.6) is 0 Å². The maximum atomic E-state index is 4.31. The van der Waals surface area contributed by atoms with Gasteiger partial charge in [-0.15, -0.1) is 0 Å². The minimum absolute atomic E-state index is 0.637. The first-order valence-electron chi connectivity index (χ1n) is 9.07. The predicted octanol–water partition coefficient (Wildman–Crippen LogP) is 1.57. The van der Waals surface area contributed by atoms with Gasteiger partial charge in [0.05, 0.1) is 0 Å². The molecule has 0 saturated carbocycles. The van der Waals surface area contributed by atoms with E-state index in [1.54, 1.807) is 0 Å². The standard InChI is InChI=1S/C17H37N5S/c1-5-21-9-11-22(12-10-21)15-16(2)14-20-17(18-3)19-8-6-7-13-23-4/h16H,5-15H2,1-4H3,(H2,18,19,20). The number of rotatable bonds is 10. The SMILES string of the molecule is CCN1CCN(CC(C)CNC(=NC)NCCCCSC)CC1. The highest BCUT2D eigenvalue weighted by atomic mass is 32.2. The van der Waals surface area contributed by atoms with Crippen molar-refractivity contribution in [3.05, 3.63) is 0 Å². The molecule has 1 aliphatic heterocycles. The first-order valence-corrected chi connectivity index (χ1v) is 10.5. The molecule has 1 unspecified atom stereocenters. The monoisotopic (exact) mass is 343 g/mol. The highest BCUT2D eigenvalue weighted by Crippen LogP contribution is 2.05. The molecule has 136 valence electrons. The van der Waals surface area contributed by atoms with Crippen LogP contribution in [-0.2, 0) is 0 Å². The lowest BCUT2D eigenvalue weighted by molar-refractivity contribution is 0.124. The van der Waals surface area contributed by atoms with Crippen LogP contribution >= 0.6 is 11.8 Å². The molecule has 0 aromatic heterocycles. The Bertz CT molecular complexity index is 316. The Kier molecular flexibility index (Phi) is 11.5. The van der Waals surface area contributed by atoms with Crippen molar-refractivity contribution in [1.82, 2.24) is 20.4 Å². The summed E-state index contributed by atoms with van der Waals surface area (Å²) >= 11 is 1.92. The van der Waals surface area contributed by atoms with Crippen LogP contribution in [0, 0.1) is 5.92 Å². The molecular formula is C17H37N5S. The summed E-state index contributed by atoms with van der Waals surface area (Å²) in [5.41, 5.74) is 0. The molecule has 2 N–H and O–H groups in total. The highest BCUT2D eigenvalue weighted by molar-refractivity contribution is 7.98. The molecule has 0 amide bonds. The van der Waals surface area contributed by atoms with Crippen molar-refractivity contribution in [3.63, 3.8) is 0 Å². The van der Waals surface area contributed by atoms with Gasteiger partial charge in [-0.25, -0.2) is 0 Å². The molecule has 5 nitrogen and oxygen atoms in total. The van der Waals surface area contributed by atoms with Gasteiger partial charge in [-0.3, -0.25) is 4.99 Å². The van der Waals surface area contributed by atoms with Crippen molar-refractivity contribution in [2.45, 2.75) is 26.7 Å². The van der Waals surface area contributed by atoms with Gasteiger partial charge in [-0.1, -0.05) is 13.8 Å². The van der Waals surface area contributed by atoms with Crippen molar-refractivity contribution in [1.29, 1.82) is 0 Å². The van der Waals surface area contributed by atoms with E-state index < -0.39 is 0 Å². The lowest BCUT2D eigenvalue weighted by atomic mass is 10.1. The van der Waals surface area contributed by atoms with Crippen LogP contribution in [0.4, 0.5) is 0 Å². The lowest BCUT2D eigenvalue weighted by Gasteiger charge is -2.35. The van der Waals surface area contributed by atoms with Crippen molar-refractivity contribution in [3.8, 4) is 0 Å². The fourth-order valence-corrected chi connectivity index (χ4v) is 3.36. The largest absolute Gasteiger partial charge is 0.356 e. The number of aliphatic imine (C=N–C) groups is 1. The molecule has 0 aliphatic carbocycles. The van der Waals surface area contributed by atoms with Crippen LogP contribution in [0.1, 0.15) is 26.7 Å². The maximum absolute atomic E-state index is 4.31. The second-order valence-electron chi connectivity index (χ2n) is 6.42. The number of piperazine rings is 1. The van der Waals surface area contributed by atoms with Crippen molar-refractivity contribution < 1.29 is 0 Å². The van der Waals surface area contributed by atoms with Crippen LogP contribution in [0.25, 0.3) is 0 Å². The number of nitrogens with one attached hydrogen (secondary N) is 2. The van der Waals surface area contributed by atoms with Crippen LogP contribution in [0.15, 0.2) is 4.99 Å². The number of likely N-dealkylation sites (N-methyl/N-ethyl adjacent to an activating group) is 1. The van der Waals surface area contributed by atoms with Crippen LogP contribution < -0.4 is 10.6 Å². The van der Waals surface area contributed by atoms with E-state index in [9.17, 15) is 0 Å². The van der Waals surface area contributed by atoms with Gasteiger partial charge in [-0.05, 0) is 37.3 Å². The zero-order valence-electron chi connectivity index (χ0n) is 15.6. The Hall–Kier alpha value is -0.460. The first-order chi connectivity index (χ1) is 11.2. The van der Waals surface area contributed by atoms with E-state index in [2.05, 4.69) is 45.5 Å². The lowest BCUT2D eigenvalue weighted by Crippen LogP contribution is -2.48. The molecule has 1 saturated heterocycles. The van der Waals surface area contributed by atoms with Crippen LogP contribution in [0.3, 0.4) is 0 Å². The summed E-state index contributed by atoms with van der Waals surface area (Å²) in [6.45, 7) is 13.8. The molecule has 1 rings (SSSR count). The number of nitrogens with zero attached hydrogens (tertiary/aromatic N) is 3. The van der Waals surface area contributed by atoms with E-state index >= 15 is 0 Å². The molecule has 0 spiro atoms. The second-order valence-corrected chi connectivity index (χ2v) is 7.41. The molecule has 6 heteroatoms. The molecule has 0 bridgehead atoms. The number of thioether (sulfide) groups is 1. The average molecular weight is 344 g/mol. The Morgan fingerprint density at radius 3 is 2.43 bits per heavy atom. The fraction of sp³-hybridized carbons (Fsp3) is 0.941. The summed E-state index contributed by atoms with van der Waals surface area (Å²) in [6, 6.07) is 0. The van der Waals surface area contributed by atoms with Gasteiger partial charge >= 0.3 is 0 Å². The fourth-order valence-electron chi connectivity index (χ4n) is 2.86. The predicted molar refractivity (Wildman–Crippen MR) is 105 cm³/mol. The minimum Gasteiger partial charge on any atom is -0.356 e. The molecule has 23 heavy (non-hydrogen) atoms. The minimum atomic E-state index is 0.637. The number of hydrogen-bond acceptors (Lipinski definition) is 4. The number of guanidine groups is 1. The van der Waals surface area contributed by atoms with Gasteiger partial charge < -0.3 is 20.4 Å².